The molecule has 0 aliphatic rings. The number of ether oxygens (including phenoxy) is 6. The van der Waals surface area contributed by atoms with E-state index in [0.717, 1.165) is 0 Å². The summed E-state index contributed by atoms with van der Waals surface area (Å²) in [6.45, 7) is 2.60. The van der Waals surface area contributed by atoms with Crippen LogP contribution in [-0.4, -0.2) is 95.5 Å². The first-order chi connectivity index (χ1) is 14.6. The Kier molecular flexibility index (Phi) is 15.0. The quantitative estimate of drug-likeness (QED) is 0.145. The second-order valence-corrected chi connectivity index (χ2v) is 5.73. The number of carbonyl (C=O) groups excluding carboxylic acids is 2. The van der Waals surface area contributed by atoms with Crippen LogP contribution in [0.15, 0.2) is 30.3 Å². The van der Waals surface area contributed by atoms with Crippen molar-refractivity contribution in [1.29, 1.82) is 0 Å². The lowest BCUT2D eigenvalue weighted by molar-refractivity contribution is -0.143. The number of rotatable bonds is 19. The number of esters is 1. The first-order valence-corrected chi connectivity index (χ1v) is 9.48. The van der Waals surface area contributed by atoms with E-state index in [2.05, 4.69) is 0 Å². The van der Waals surface area contributed by atoms with Crippen LogP contribution in [0.1, 0.15) is 10.4 Å². The minimum Gasteiger partial charge on any atom is -0.480 e. The summed E-state index contributed by atoms with van der Waals surface area (Å²) < 4.78 is 30.7. The van der Waals surface area contributed by atoms with E-state index in [1.807, 2.05) is 0 Å². The van der Waals surface area contributed by atoms with E-state index < -0.39 is 17.7 Å². The van der Waals surface area contributed by atoms with Gasteiger partial charge >= 0.3 is 11.9 Å². The molecule has 30 heavy (non-hydrogen) atoms. The summed E-state index contributed by atoms with van der Waals surface area (Å²) in [5, 5.41) is 8.37. The molecule has 0 spiro atoms. The number of ketones is 1. The Balaban J connectivity index is 1.81. The van der Waals surface area contributed by atoms with Gasteiger partial charge in [-0.3, -0.25) is 4.79 Å². The van der Waals surface area contributed by atoms with Gasteiger partial charge in [-0.2, -0.15) is 0 Å². The molecule has 0 fully saturated rings. The Hall–Kier alpha value is -2.37. The molecule has 168 valence electrons. The topological polar surface area (TPSA) is 127 Å². The molecule has 0 amide bonds. The molecule has 1 aromatic rings. The molecule has 0 atom stereocenters. The fraction of sp³-hybridized carbons (Fsp3) is 0.550. The van der Waals surface area contributed by atoms with E-state index in [1.54, 1.807) is 30.3 Å². The van der Waals surface area contributed by atoms with Crippen LogP contribution in [0.4, 0.5) is 0 Å². The number of hydrogen-bond donors (Lipinski definition) is 1. The van der Waals surface area contributed by atoms with Crippen molar-refractivity contribution >= 4 is 17.7 Å². The molecule has 0 aromatic heterocycles. The third kappa shape index (κ3) is 13.7. The molecule has 10 heteroatoms. The van der Waals surface area contributed by atoms with E-state index >= 15 is 0 Å². The van der Waals surface area contributed by atoms with Crippen LogP contribution in [0.5, 0.6) is 0 Å². The predicted octanol–water partition coefficient (Wildman–Crippen LogP) is 0.580. The van der Waals surface area contributed by atoms with Crippen molar-refractivity contribution < 1.29 is 47.9 Å². The highest BCUT2D eigenvalue weighted by atomic mass is 16.6. The molecule has 1 aromatic carbocycles. The Morgan fingerprint density at radius 3 is 1.53 bits per heavy atom. The SMILES string of the molecule is O=C(O)COCCOCCOCCOCCOCCOC(=O)C(=O)c1ccccc1. The predicted molar refractivity (Wildman–Crippen MR) is 103 cm³/mol. The molecule has 0 heterocycles. The van der Waals surface area contributed by atoms with Crippen LogP contribution in [0, 0.1) is 0 Å². The van der Waals surface area contributed by atoms with Crippen LogP contribution in [0.2, 0.25) is 0 Å². The zero-order valence-corrected chi connectivity index (χ0v) is 16.8. The lowest BCUT2D eigenvalue weighted by atomic mass is 10.1. The van der Waals surface area contributed by atoms with E-state index in [0.29, 0.717) is 46.2 Å². The van der Waals surface area contributed by atoms with Crippen LogP contribution >= 0.6 is 0 Å². The fourth-order valence-corrected chi connectivity index (χ4v) is 2.01. The molecule has 10 nitrogen and oxygen atoms in total. The van der Waals surface area contributed by atoms with Crippen LogP contribution in [0.25, 0.3) is 0 Å². The number of Topliss-reactive ketones (excluding diaryl/α,β-unsaturated/α-hetero) is 1. The highest BCUT2D eigenvalue weighted by Gasteiger charge is 2.16. The number of carboxylic acid groups (broad SMARTS) is 1. The monoisotopic (exact) mass is 428 g/mol. The zero-order valence-electron chi connectivity index (χ0n) is 16.8. The summed E-state index contributed by atoms with van der Waals surface area (Å²) in [5.74, 6) is -2.60. The van der Waals surface area contributed by atoms with Crippen molar-refractivity contribution in [2.45, 2.75) is 0 Å². The highest BCUT2D eigenvalue weighted by Crippen LogP contribution is 2.01. The summed E-state index contributed by atoms with van der Waals surface area (Å²) in [7, 11) is 0. The average Bonchev–Trinajstić information content (AvgIpc) is 2.75. The molecule has 1 N–H and O–H groups in total. The lowest BCUT2D eigenvalue weighted by Gasteiger charge is -2.08. The van der Waals surface area contributed by atoms with E-state index in [1.165, 1.54) is 0 Å². The van der Waals surface area contributed by atoms with Crippen molar-refractivity contribution in [1.82, 2.24) is 0 Å². The maximum absolute atomic E-state index is 11.8. The van der Waals surface area contributed by atoms with Gasteiger partial charge in [0.25, 0.3) is 5.78 Å². The Morgan fingerprint density at radius 1 is 0.633 bits per heavy atom. The molecule has 0 aliphatic carbocycles. The summed E-state index contributed by atoms with van der Waals surface area (Å²) in [4.78, 5) is 33.6. The van der Waals surface area contributed by atoms with Gasteiger partial charge in [0.15, 0.2) is 0 Å². The maximum Gasteiger partial charge on any atom is 0.379 e. The van der Waals surface area contributed by atoms with Crippen molar-refractivity contribution in [3.63, 3.8) is 0 Å². The van der Waals surface area contributed by atoms with Gasteiger partial charge in [0.05, 0.1) is 59.5 Å². The third-order valence-corrected chi connectivity index (χ3v) is 3.40. The minimum atomic E-state index is -1.01. The summed E-state index contributed by atoms with van der Waals surface area (Å²) in [6, 6.07) is 8.20. The molecule has 1 rings (SSSR count). The number of carbonyl (C=O) groups is 3. The first-order valence-electron chi connectivity index (χ1n) is 9.48. The van der Waals surface area contributed by atoms with Gasteiger partial charge in [0.2, 0.25) is 0 Å². The van der Waals surface area contributed by atoms with Gasteiger partial charge in [-0.25, -0.2) is 9.59 Å². The van der Waals surface area contributed by atoms with E-state index in [-0.39, 0.29) is 32.0 Å². The number of benzene rings is 1. The molecule has 0 bridgehead atoms. The van der Waals surface area contributed by atoms with Crippen molar-refractivity contribution in [2.24, 2.45) is 0 Å². The maximum atomic E-state index is 11.8. The summed E-state index contributed by atoms with van der Waals surface area (Å²) in [5.41, 5.74) is 0.287. The Bertz CT molecular complexity index is 605. The molecular weight excluding hydrogens is 400 g/mol. The van der Waals surface area contributed by atoms with Crippen molar-refractivity contribution in [3.05, 3.63) is 35.9 Å². The van der Waals surface area contributed by atoms with Crippen LogP contribution in [-0.2, 0) is 38.0 Å². The van der Waals surface area contributed by atoms with Gasteiger partial charge in [-0.15, -0.1) is 0 Å². The van der Waals surface area contributed by atoms with Crippen molar-refractivity contribution in [3.8, 4) is 0 Å². The zero-order chi connectivity index (χ0) is 21.9. The standard InChI is InChI=1S/C20H28O10/c21-18(22)16-29-13-12-27-9-8-25-6-7-26-10-11-28-14-15-30-20(24)19(23)17-4-2-1-3-5-17/h1-5H,6-16H2,(H,21,22). The van der Waals surface area contributed by atoms with Gasteiger partial charge in [-0.1, -0.05) is 30.3 Å². The minimum absolute atomic E-state index is 0.0120. The van der Waals surface area contributed by atoms with Crippen molar-refractivity contribution in [2.75, 3.05) is 72.7 Å². The van der Waals surface area contributed by atoms with Gasteiger partial charge in [0.1, 0.15) is 13.2 Å². The Labute approximate surface area is 175 Å². The van der Waals surface area contributed by atoms with E-state index in [9.17, 15) is 14.4 Å². The second-order valence-electron chi connectivity index (χ2n) is 5.73. The number of carboxylic acids is 1. The number of hydrogen-bond acceptors (Lipinski definition) is 9. The summed E-state index contributed by atoms with van der Waals surface area (Å²) >= 11 is 0. The van der Waals surface area contributed by atoms with Gasteiger partial charge in [-0.05, 0) is 0 Å². The molecule has 0 aliphatic heterocycles. The molecule has 0 radical (unpaired) electrons. The van der Waals surface area contributed by atoms with Crippen LogP contribution < -0.4 is 0 Å². The smallest absolute Gasteiger partial charge is 0.379 e. The first kappa shape index (κ1) is 25.7. The lowest BCUT2D eigenvalue weighted by Crippen LogP contribution is -2.20. The molecular formula is C20H28O10. The summed E-state index contributed by atoms with van der Waals surface area (Å²) in [6.07, 6.45) is 0. The van der Waals surface area contributed by atoms with Crippen LogP contribution in [0.3, 0.4) is 0 Å². The third-order valence-electron chi connectivity index (χ3n) is 3.40. The number of aliphatic carboxylic acids is 1. The average molecular weight is 428 g/mol. The highest BCUT2D eigenvalue weighted by molar-refractivity contribution is 6.40. The molecule has 0 saturated carbocycles. The normalized spacial score (nSPS) is 10.7. The Morgan fingerprint density at radius 2 is 1.07 bits per heavy atom. The second kappa shape index (κ2) is 17.5. The molecule has 0 unspecified atom stereocenters. The van der Waals surface area contributed by atoms with E-state index in [4.69, 9.17) is 33.5 Å². The largest absolute Gasteiger partial charge is 0.480 e. The van der Waals surface area contributed by atoms with Gasteiger partial charge in [0, 0.05) is 5.56 Å². The molecule has 0 saturated heterocycles. The van der Waals surface area contributed by atoms with Gasteiger partial charge < -0.3 is 33.5 Å². The fourth-order valence-electron chi connectivity index (χ4n) is 2.01.